The molecule has 0 saturated carbocycles. The second kappa shape index (κ2) is 5.71. The number of rotatable bonds is 4. The predicted molar refractivity (Wildman–Crippen MR) is 60.9 cm³/mol. The maximum Gasteiger partial charge on any atom is 0.239 e. The van der Waals surface area contributed by atoms with E-state index in [2.05, 4.69) is 10.3 Å². The van der Waals surface area contributed by atoms with Crippen LogP contribution in [0.15, 0.2) is 18.3 Å². The van der Waals surface area contributed by atoms with Crippen LogP contribution in [-0.4, -0.2) is 31.0 Å². The molecule has 5 nitrogen and oxygen atoms in total. The van der Waals surface area contributed by atoms with Crippen LogP contribution < -0.4 is 10.2 Å². The molecule has 0 saturated heterocycles. The highest BCUT2D eigenvalue weighted by molar-refractivity contribution is 5.81. The lowest BCUT2D eigenvalue weighted by Gasteiger charge is -2.21. The van der Waals surface area contributed by atoms with Crippen LogP contribution in [0.2, 0.25) is 0 Å². The Bertz CT molecular complexity index is 411. The van der Waals surface area contributed by atoms with Crippen LogP contribution in [0.1, 0.15) is 12.6 Å². The summed E-state index contributed by atoms with van der Waals surface area (Å²) in [4.78, 5) is 17.0. The first-order valence-corrected chi connectivity index (χ1v) is 5.03. The molecule has 1 aromatic rings. The highest BCUT2D eigenvalue weighted by atomic mass is 16.1. The fraction of sp³-hybridized carbons (Fsp3) is 0.364. The zero-order valence-corrected chi connectivity index (χ0v) is 9.40. The number of likely N-dealkylation sites (N-methyl/N-ethyl adjacent to an activating group) is 2. The van der Waals surface area contributed by atoms with Crippen molar-refractivity contribution in [2.75, 3.05) is 25.0 Å². The van der Waals surface area contributed by atoms with Gasteiger partial charge in [-0.25, -0.2) is 4.98 Å². The van der Waals surface area contributed by atoms with E-state index in [9.17, 15) is 4.79 Å². The molecule has 16 heavy (non-hydrogen) atoms. The van der Waals surface area contributed by atoms with Gasteiger partial charge in [0, 0.05) is 25.5 Å². The monoisotopic (exact) mass is 218 g/mol. The average Bonchev–Trinajstić information content (AvgIpc) is 2.35. The third-order valence-electron chi connectivity index (χ3n) is 2.22. The van der Waals surface area contributed by atoms with Crippen LogP contribution >= 0.6 is 0 Å². The van der Waals surface area contributed by atoms with Crippen LogP contribution in [0.5, 0.6) is 0 Å². The number of amides is 1. The van der Waals surface area contributed by atoms with E-state index in [1.54, 1.807) is 25.4 Å². The van der Waals surface area contributed by atoms with E-state index in [1.165, 1.54) is 0 Å². The smallest absolute Gasteiger partial charge is 0.239 e. The number of nitrogens with one attached hydrogen (secondary N) is 1. The molecule has 0 aliphatic carbocycles. The number of anilines is 1. The van der Waals surface area contributed by atoms with E-state index in [4.69, 9.17) is 5.26 Å². The van der Waals surface area contributed by atoms with Crippen LogP contribution in [0.3, 0.4) is 0 Å². The number of hydrogen-bond acceptors (Lipinski definition) is 4. The Balaban J connectivity index is 2.86. The first-order chi connectivity index (χ1) is 7.71. The topological polar surface area (TPSA) is 69.0 Å². The summed E-state index contributed by atoms with van der Waals surface area (Å²) in [5.41, 5.74) is 1.19. The maximum absolute atomic E-state index is 11.3. The number of carbonyl (C=O) groups excluding carboxylic acids is 1. The highest BCUT2D eigenvalue weighted by Gasteiger charge is 2.09. The molecule has 0 aliphatic rings. The standard InChI is InChI=1S/C11H14N4O/c1-3-15(8-11(16)13-2)10-4-5-14-9(6-10)7-12/h4-6H,3,8H2,1-2H3,(H,13,16). The molecule has 5 heteroatoms. The fourth-order valence-corrected chi connectivity index (χ4v) is 1.32. The van der Waals surface area contributed by atoms with Crippen molar-refractivity contribution in [2.45, 2.75) is 6.92 Å². The highest BCUT2D eigenvalue weighted by Crippen LogP contribution is 2.13. The average molecular weight is 218 g/mol. The third kappa shape index (κ3) is 2.95. The first-order valence-electron chi connectivity index (χ1n) is 5.03. The lowest BCUT2D eigenvalue weighted by atomic mass is 10.3. The molecule has 84 valence electrons. The summed E-state index contributed by atoms with van der Waals surface area (Å²) in [6.07, 6.45) is 1.57. The first kappa shape index (κ1) is 12.0. The Morgan fingerprint density at radius 2 is 2.44 bits per heavy atom. The molecule has 1 rings (SSSR count). The van der Waals surface area contributed by atoms with E-state index in [1.807, 2.05) is 17.9 Å². The summed E-state index contributed by atoms with van der Waals surface area (Å²) in [5.74, 6) is -0.0582. The van der Waals surface area contributed by atoms with Crippen molar-refractivity contribution in [2.24, 2.45) is 0 Å². The second-order valence-corrected chi connectivity index (χ2v) is 3.20. The van der Waals surface area contributed by atoms with Crippen molar-refractivity contribution in [1.82, 2.24) is 10.3 Å². The number of hydrogen-bond donors (Lipinski definition) is 1. The quantitative estimate of drug-likeness (QED) is 0.800. The summed E-state index contributed by atoms with van der Waals surface area (Å²) in [7, 11) is 1.60. The normalized spacial score (nSPS) is 9.31. The van der Waals surface area contributed by atoms with Gasteiger partial charge in [-0.15, -0.1) is 0 Å². The van der Waals surface area contributed by atoms with E-state index in [0.717, 1.165) is 5.69 Å². The van der Waals surface area contributed by atoms with Crippen LogP contribution in [0.25, 0.3) is 0 Å². The van der Waals surface area contributed by atoms with Crippen molar-refractivity contribution >= 4 is 11.6 Å². The molecule has 0 bridgehead atoms. The van der Waals surface area contributed by atoms with Gasteiger partial charge in [0.25, 0.3) is 0 Å². The number of aromatic nitrogens is 1. The number of pyridine rings is 1. The zero-order valence-electron chi connectivity index (χ0n) is 9.40. The molecule has 0 aromatic carbocycles. The summed E-state index contributed by atoms with van der Waals surface area (Å²) >= 11 is 0. The molecular weight excluding hydrogens is 204 g/mol. The second-order valence-electron chi connectivity index (χ2n) is 3.20. The minimum atomic E-state index is -0.0582. The molecule has 0 atom stereocenters. The SMILES string of the molecule is CCN(CC(=O)NC)c1ccnc(C#N)c1. The summed E-state index contributed by atoms with van der Waals surface area (Å²) in [5, 5.41) is 11.3. The van der Waals surface area contributed by atoms with Crippen LogP contribution in [0, 0.1) is 11.3 Å². The Kier molecular flexibility index (Phi) is 4.28. The van der Waals surface area contributed by atoms with Crippen molar-refractivity contribution in [3.63, 3.8) is 0 Å². The Labute approximate surface area is 94.7 Å². The van der Waals surface area contributed by atoms with E-state index in [-0.39, 0.29) is 12.5 Å². The van der Waals surface area contributed by atoms with Gasteiger partial charge in [-0.05, 0) is 19.1 Å². The molecule has 0 aliphatic heterocycles. The van der Waals surface area contributed by atoms with Crippen molar-refractivity contribution < 1.29 is 4.79 Å². The molecule has 0 unspecified atom stereocenters. The van der Waals surface area contributed by atoms with Gasteiger partial charge in [-0.3, -0.25) is 4.79 Å². The Morgan fingerprint density at radius 3 is 3.00 bits per heavy atom. The molecule has 1 heterocycles. The lowest BCUT2D eigenvalue weighted by Crippen LogP contribution is -2.35. The minimum Gasteiger partial charge on any atom is -0.362 e. The Morgan fingerprint density at radius 1 is 1.69 bits per heavy atom. The van der Waals surface area contributed by atoms with Gasteiger partial charge in [-0.1, -0.05) is 0 Å². The Hall–Kier alpha value is -2.09. The number of carbonyl (C=O) groups is 1. The van der Waals surface area contributed by atoms with Gasteiger partial charge < -0.3 is 10.2 Å². The minimum absolute atomic E-state index is 0.0582. The van der Waals surface area contributed by atoms with Gasteiger partial charge in [0.15, 0.2) is 0 Å². The maximum atomic E-state index is 11.3. The van der Waals surface area contributed by atoms with Gasteiger partial charge in [0.05, 0.1) is 6.54 Å². The summed E-state index contributed by atoms with van der Waals surface area (Å²) in [6.45, 7) is 2.93. The van der Waals surface area contributed by atoms with Gasteiger partial charge >= 0.3 is 0 Å². The van der Waals surface area contributed by atoms with Crippen molar-refractivity contribution in [3.8, 4) is 6.07 Å². The van der Waals surface area contributed by atoms with E-state index < -0.39 is 0 Å². The summed E-state index contributed by atoms with van der Waals surface area (Å²) in [6, 6.07) is 5.43. The largest absolute Gasteiger partial charge is 0.362 e. The molecule has 0 spiro atoms. The zero-order chi connectivity index (χ0) is 12.0. The number of nitrogens with zero attached hydrogens (tertiary/aromatic N) is 3. The van der Waals surface area contributed by atoms with E-state index in [0.29, 0.717) is 12.2 Å². The number of nitriles is 1. The molecule has 0 radical (unpaired) electrons. The van der Waals surface area contributed by atoms with Gasteiger partial charge in [0.1, 0.15) is 11.8 Å². The molecule has 1 N–H and O–H groups in total. The molecule has 1 aromatic heterocycles. The van der Waals surface area contributed by atoms with Crippen LogP contribution in [-0.2, 0) is 4.79 Å². The van der Waals surface area contributed by atoms with Gasteiger partial charge in [0.2, 0.25) is 5.91 Å². The van der Waals surface area contributed by atoms with Crippen molar-refractivity contribution in [1.29, 1.82) is 5.26 Å². The van der Waals surface area contributed by atoms with Gasteiger partial charge in [-0.2, -0.15) is 5.26 Å². The lowest BCUT2D eigenvalue weighted by molar-refractivity contribution is -0.119. The van der Waals surface area contributed by atoms with Crippen LogP contribution in [0.4, 0.5) is 5.69 Å². The fourth-order valence-electron chi connectivity index (χ4n) is 1.32. The predicted octanol–water partition coefficient (Wildman–Crippen LogP) is 0.526. The third-order valence-corrected chi connectivity index (χ3v) is 2.22. The molecular formula is C11H14N4O. The molecule has 0 fully saturated rings. The summed E-state index contributed by atoms with van der Waals surface area (Å²) < 4.78 is 0. The van der Waals surface area contributed by atoms with Crippen molar-refractivity contribution in [3.05, 3.63) is 24.0 Å². The molecule has 1 amide bonds. The van der Waals surface area contributed by atoms with E-state index >= 15 is 0 Å².